The summed E-state index contributed by atoms with van der Waals surface area (Å²) in [5, 5.41) is 13.1. The van der Waals surface area contributed by atoms with E-state index in [2.05, 4.69) is 24.1 Å². The lowest BCUT2D eigenvalue weighted by molar-refractivity contribution is -0.00538. The Hall–Kier alpha value is -0.160. The van der Waals surface area contributed by atoms with Crippen LogP contribution >= 0.6 is 0 Å². The van der Waals surface area contributed by atoms with E-state index in [1.54, 1.807) is 0 Å². The normalized spacial score (nSPS) is 18.3. The summed E-state index contributed by atoms with van der Waals surface area (Å²) in [5.74, 6) is 0. The van der Waals surface area contributed by atoms with Crippen molar-refractivity contribution in [3.63, 3.8) is 0 Å². The van der Waals surface area contributed by atoms with Crippen LogP contribution < -0.4 is 5.32 Å². The summed E-state index contributed by atoms with van der Waals surface area (Å²) in [6.07, 6.45) is 6.08. The second kappa shape index (κ2) is 10.6. The molecule has 0 aliphatic heterocycles. The van der Waals surface area contributed by atoms with Gasteiger partial charge in [-0.2, -0.15) is 0 Å². The van der Waals surface area contributed by atoms with Crippen molar-refractivity contribution in [1.82, 2.24) is 10.2 Å². The van der Waals surface area contributed by atoms with Gasteiger partial charge in [0.05, 0.1) is 18.8 Å². The number of aliphatic hydroxyl groups is 1. The summed E-state index contributed by atoms with van der Waals surface area (Å²) in [6.45, 7) is 9.86. The number of aliphatic hydroxyl groups excluding tert-OH is 1. The van der Waals surface area contributed by atoms with Gasteiger partial charge in [-0.05, 0) is 45.4 Å². The van der Waals surface area contributed by atoms with Gasteiger partial charge in [0.1, 0.15) is 0 Å². The van der Waals surface area contributed by atoms with Gasteiger partial charge in [-0.15, -0.1) is 0 Å². The smallest absolute Gasteiger partial charge is 0.0897 e. The molecule has 0 saturated heterocycles. The van der Waals surface area contributed by atoms with Crippen LogP contribution in [0, 0.1) is 0 Å². The molecular formula is C15H32N2O2. The van der Waals surface area contributed by atoms with E-state index in [9.17, 15) is 5.11 Å². The lowest BCUT2D eigenvalue weighted by Crippen LogP contribution is -2.33. The largest absolute Gasteiger partial charge is 0.389 e. The minimum absolute atomic E-state index is 0.367. The van der Waals surface area contributed by atoms with Gasteiger partial charge >= 0.3 is 0 Å². The highest BCUT2D eigenvalue weighted by atomic mass is 16.5. The zero-order valence-corrected chi connectivity index (χ0v) is 12.7. The van der Waals surface area contributed by atoms with Gasteiger partial charge in [0, 0.05) is 6.54 Å². The van der Waals surface area contributed by atoms with Crippen LogP contribution in [0.15, 0.2) is 0 Å². The van der Waals surface area contributed by atoms with Crippen LogP contribution in [0.4, 0.5) is 0 Å². The molecule has 114 valence electrons. The van der Waals surface area contributed by atoms with Crippen molar-refractivity contribution in [3.8, 4) is 0 Å². The molecule has 1 atom stereocenters. The van der Waals surface area contributed by atoms with Gasteiger partial charge in [-0.1, -0.05) is 26.7 Å². The third-order valence-electron chi connectivity index (χ3n) is 3.93. The lowest BCUT2D eigenvalue weighted by atomic mass is 10.3. The molecule has 4 heteroatoms. The van der Waals surface area contributed by atoms with E-state index in [1.165, 1.54) is 25.7 Å². The maximum Gasteiger partial charge on any atom is 0.0897 e. The Morgan fingerprint density at radius 1 is 1.26 bits per heavy atom. The Morgan fingerprint density at radius 3 is 2.58 bits per heavy atom. The highest BCUT2D eigenvalue weighted by molar-refractivity contribution is 4.68. The number of hydrogen-bond acceptors (Lipinski definition) is 4. The highest BCUT2D eigenvalue weighted by Crippen LogP contribution is 2.20. The minimum Gasteiger partial charge on any atom is -0.389 e. The highest BCUT2D eigenvalue weighted by Gasteiger charge is 2.16. The third kappa shape index (κ3) is 7.88. The summed E-state index contributed by atoms with van der Waals surface area (Å²) in [5.41, 5.74) is 0. The first kappa shape index (κ1) is 16.9. The van der Waals surface area contributed by atoms with Gasteiger partial charge in [0.25, 0.3) is 0 Å². The predicted octanol–water partition coefficient (Wildman–Crippen LogP) is 1.63. The standard InChI is InChI=1S/C15H32N2O2/c1-3-17(4-2)11-7-10-16-12-14(18)13-19-15-8-5-6-9-15/h14-16,18H,3-13H2,1-2H3. The molecule has 0 aromatic carbocycles. The van der Waals surface area contributed by atoms with Crippen molar-refractivity contribution >= 4 is 0 Å². The molecule has 1 aliphatic rings. The minimum atomic E-state index is -0.367. The molecule has 0 aromatic heterocycles. The fraction of sp³-hybridized carbons (Fsp3) is 1.00. The molecule has 0 aromatic rings. The van der Waals surface area contributed by atoms with E-state index in [4.69, 9.17) is 4.74 Å². The van der Waals surface area contributed by atoms with Crippen LogP contribution in [-0.4, -0.2) is 61.5 Å². The molecule has 0 amide bonds. The van der Waals surface area contributed by atoms with E-state index in [1.807, 2.05) is 0 Å². The number of hydrogen-bond donors (Lipinski definition) is 2. The third-order valence-corrected chi connectivity index (χ3v) is 3.93. The zero-order valence-electron chi connectivity index (χ0n) is 12.7. The Labute approximate surface area is 118 Å². The van der Waals surface area contributed by atoms with Crippen molar-refractivity contribution in [2.24, 2.45) is 0 Å². The predicted molar refractivity (Wildman–Crippen MR) is 79.5 cm³/mol. The van der Waals surface area contributed by atoms with Crippen LogP contribution in [0.1, 0.15) is 46.0 Å². The molecule has 2 N–H and O–H groups in total. The molecule has 0 heterocycles. The molecule has 1 fully saturated rings. The average molecular weight is 272 g/mol. The quantitative estimate of drug-likeness (QED) is 0.561. The Bertz CT molecular complexity index is 204. The first-order chi connectivity index (χ1) is 9.26. The number of nitrogens with zero attached hydrogens (tertiary/aromatic N) is 1. The number of nitrogens with one attached hydrogen (secondary N) is 1. The molecule has 0 radical (unpaired) electrons. The summed E-state index contributed by atoms with van der Waals surface area (Å²) in [4.78, 5) is 2.42. The van der Waals surface area contributed by atoms with Gasteiger partial charge in [-0.3, -0.25) is 0 Å². The molecule has 1 aliphatic carbocycles. The molecule has 19 heavy (non-hydrogen) atoms. The second-order valence-corrected chi connectivity index (χ2v) is 5.48. The maximum absolute atomic E-state index is 9.81. The summed E-state index contributed by atoms with van der Waals surface area (Å²) in [6, 6.07) is 0. The maximum atomic E-state index is 9.81. The first-order valence-corrected chi connectivity index (χ1v) is 7.99. The topological polar surface area (TPSA) is 44.7 Å². The van der Waals surface area contributed by atoms with Crippen LogP contribution in [-0.2, 0) is 4.74 Å². The molecule has 1 saturated carbocycles. The summed E-state index contributed by atoms with van der Waals surface area (Å²) < 4.78 is 5.70. The molecule has 0 bridgehead atoms. The lowest BCUT2D eigenvalue weighted by Gasteiger charge is -2.18. The molecule has 1 unspecified atom stereocenters. The van der Waals surface area contributed by atoms with E-state index < -0.39 is 0 Å². The van der Waals surface area contributed by atoms with E-state index in [0.717, 1.165) is 32.6 Å². The fourth-order valence-electron chi connectivity index (χ4n) is 2.60. The Balaban J connectivity index is 1.90. The van der Waals surface area contributed by atoms with Crippen molar-refractivity contribution in [3.05, 3.63) is 0 Å². The van der Waals surface area contributed by atoms with Crippen molar-refractivity contribution < 1.29 is 9.84 Å². The number of ether oxygens (including phenoxy) is 1. The van der Waals surface area contributed by atoms with E-state index in [0.29, 0.717) is 19.3 Å². The summed E-state index contributed by atoms with van der Waals surface area (Å²) in [7, 11) is 0. The SMILES string of the molecule is CCN(CC)CCCNCC(O)COC1CCCC1. The van der Waals surface area contributed by atoms with Crippen LogP contribution in [0.2, 0.25) is 0 Å². The van der Waals surface area contributed by atoms with E-state index in [-0.39, 0.29) is 6.10 Å². The van der Waals surface area contributed by atoms with Crippen LogP contribution in [0.5, 0.6) is 0 Å². The van der Waals surface area contributed by atoms with Gasteiger partial charge in [0.15, 0.2) is 0 Å². The Morgan fingerprint density at radius 2 is 1.95 bits per heavy atom. The second-order valence-electron chi connectivity index (χ2n) is 5.48. The molecule has 1 rings (SSSR count). The summed E-state index contributed by atoms with van der Waals surface area (Å²) >= 11 is 0. The molecule has 4 nitrogen and oxygen atoms in total. The zero-order chi connectivity index (χ0) is 13.9. The van der Waals surface area contributed by atoms with E-state index >= 15 is 0 Å². The average Bonchev–Trinajstić information content (AvgIpc) is 2.94. The van der Waals surface area contributed by atoms with Crippen molar-refractivity contribution in [2.75, 3.05) is 39.3 Å². The first-order valence-electron chi connectivity index (χ1n) is 7.99. The van der Waals surface area contributed by atoms with Crippen LogP contribution in [0.3, 0.4) is 0 Å². The monoisotopic (exact) mass is 272 g/mol. The number of rotatable bonds is 11. The fourth-order valence-corrected chi connectivity index (χ4v) is 2.60. The molecule has 0 spiro atoms. The van der Waals surface area contributed by atoms with Gasteiger partial charge in [-0.25, -0.2) is 0 Å². The Kier molecular flexibility index (Phi) is 9.43. The molecular weight excluding hydrogens is 240 g/mol. The van der Waals surface area contributed by atoms with Crippen LogP contribution in [0.25, 0.3) is 0 Å². The van der Waals surface area contributed by atoms with Crippen molar-refractivity contribution in [1.29, 1.82) is 0 Å². The van der Waals surface area contributed by atoms with Crippen molar-refractivity contribution in [2.45, 2.75) is 58.2 Å². The van der Waals surface area contributed by atoms with Gasteiger partial charge in [0.2, 0.25) is 0 Å². The van der Waals surface area contributed by atoms with Gasteiger partial charge < -0.3 is 20.1 Å².